The van der Waals surface area contributed by atoms with Crippen molar-refractivity contribution in [2.24, 2.45) is 0 Å². The predicted octanol–water partition coefficient (Wildman–Crippen LogP) is 3.72. The second-order valence-corrected chi connectivity index (χ2v) is 7.07. The normalized spacial score (nSPS) is 15.9. The molecule has 0 N–H and O–H groups in total. The fourth-order valence-corrected chi connectivity index (χ4v) is 3.87. The van der Waals surface area contributed by atoms with E-state index in [1.165, 1.54) is 20.1 Å². The van der Waals surface area contributed by atoms with E-state index in [0.717, 1.165) is 0 Å². The molecule has 0 spiro atoms. The number of carbonyl (C=O) groups excluding carboxylic acids is 2. The number of halogens is 2. The Bertz CT molecular complexity index is 882. The molecule has 1 aliphatic rings. The summed E-state index contributed by atoms with van der Waals surface area (Å²) in [6.07, 6.45) is 0. The minimum Gasteiger partial charge on any atom is -0.468 e. The van der Waals surface area contributed by atoms with Gasteiger partial charge in [0, 0.05) is 31.2 Å². The van der Waals surface area contributed by atoms with Crippen LogP contribution in [0, 0.1) is 5.82 Å². The zero-order valence-electron chi connectivity index (χ0n) is 15.8. The van der Waals surface area contributed by atoms with Gasteiger partial charge in [-0.3, -0.25) is 9.69 Å². The summed E-state index contributed by atoms with van der Waals surface area (Å²) >= 11 is 6.31. The van der Waals surface area contributed by atoms with Gasteiger partial charge < -0.3 is 9.64 Å². The lowest BCUT2D eigenvalue weighted by molar-refractivity contribution is -0.147. The highest BCUT2D eigenvalue weighted by Crippen LogP contribution is 2.31. The first kappa shape index (κ1) is 20.3. The first-order chi connectivity index (χ1) is 13.4. The van der Waals surface area contributed by atoms with Crippen molar-refractivity contribution in [1.82, 2.24) is 4.90 Å². The molecular formula is C21H22ClFN2O3. The maximum Gasteiger partial charge on any atom is 0.327 e. The van der Waals surface area contributed by atoms with Gasteiger partial charge in [-0.1, -0.05) is 35.9 Å². The number of rotatable bonds is 5. The minimum absolute atomic E-state index is 0.103. The van der Waals surface area contributed by atoms with E-state index in [1.54, 1.807) is 18.2 Å². The number of anilines is 1. The molecule has 0 bridgehead atoms. The average molecular weight is 405 g/mol. The largest absolute Gasteiger partial charge is 0.468 e. The molecule has 3 rings (SSSR count). The van der Waals surface area contributed by atoms with Crippen LogP contribution in [0.3, 0.4) is 0 Å². The number of Topliss-reactive ketones (excluding diaryl/α,β-unsaturated/α-hetero) is 1. The van der Waals surface area contributed by atoms with E-state index in [4.69, 9.17) is 16.3 Å². The molecule has 1 aliphatic heterocycles. The van der Waals surface area contributed by atoms with Crippen LogP contribution in [0.5, 0.6) is 0 Å². The van der Waals surface area contributed by atoms with Crippen molar-refractivity contribution in [1.29, 1.82) is 0 Å². The second kappa shape index (κ2) is 8.71. The summed E-state index contributed by atoms with van der Waals surface area (Å²) in [5.41, 5.74) is 1.38. The van der Waals surface area contributed by atoms with Crippen LogP contribution in [-0.4, -0.2) is 49.9 Å². The van der Waals surface area contributed by atoms with Crippen LogP contribution >= 0.6 is 11.6 Å². The van der Waals surface area contributed by atoms with Gasteiger partial charge in [-0.05, 0) is 30.7 Å². The molecule has 148 valence electrons. The predicted molar refractivity (Wildman–Crippen MR) is 106 cm³/mol. The topological polar surface area (TPSA) is 49.9 Å². The number of nitrogens with zero attached hydrogens (tertiary/aromatic N) is 2. The summed E-state index contributed by atoms with van der Waals surface area (Å²) in [4.78, 5) is 28.3. The molecule has 5 nitrogen and oxygen atoms in total. The lowest BCUT2D eigenvalue weighted by atomic mass is 10.0. The Balaban J connectivity index is 1.82. The van der Waals surface area contributed by atoms with E-state index in [2.05, 4.69) is 0 Å². The second-order valence-electron chi connectivity index (χ2n) is 6.66. The highest BCUT2D eigenvalue weighted by Gasteiger charge is 2.33. The lowest BCUT2D eigenvalue weighted by Crippen LogP contribution is -2.50. The highest BCUT2D eigenvalue weighted by molar-refractivity contribution is 6.31. The summed E-state index contributed by atoms with van der Waals surface area (Å²) in [5.74, 6) is -1.20. The number of ketones is 1. The van der Waals surface area contributed by atoms with Crippen LogP contribution < -0.4 is 4.90 Å². The van der Waals surface area contributed by atoms with Crippen molar-refractivity contribution in [2.45, 2.75) is 13.0 Å². The molecule has 1 atom stereocenters. The van der Waals surface area contributed by atoms with Gasteiger partial charge in [0.1, 0.15) is 11.9 Å². The summed E-state index contributed by atoms with van der Waals surface area (Å²) in [6.45, 7) is 3.53. The summed E-state index contributed by atoms with van der Waals surface area (Å²) in [5, 5.41) is 0.504. The third-order valence-corrected chi connectivity index (χ3v) is 5.33. The molecule has 0 aliphatic carbocycles. The van der Waals surface area contributed by atoms with Gasteiger partial charge in [-0.2, -0.15) is 0 Å². The Morgan fingerprint density at radius 1 is 1.07 bits per heavy atom. The molecule has 2 aromatic carbocycles. The molecule has 7 heteroatoms. The number of carbonyl (C=O) groups is 2. The molecule has 1 fully saturated rings. The number of piperazine rings is 1. The molecule has 1 heterocycles. The highest BCUT2D eigenvalue weighted by atomic mass is 35.5. The van der Waals surface area contributed by atoms with Gasteiger partial charge >= 0.3 is 5.97 Å². The third-order valence-electron chi connectivity index (χ3n) is 4.99. The van der Waals surface area contributed by atoms with Crippen molar-refractivity contribution < 1.29 is 18.7 Å². The fourth-order valence-electron chi connectivity index (χ4n) is 3.63. The third kappa shape index (κ3) is 4.03. The molecule has 0 aromatic heterocycles. The van der Waals surface area contributed by atoms with E-state index < -0.39 is 11.9 Å². The van der Waals surface area contributed by atoms with E-state index in [1.807, 2.05) is 28.0 Å². The molecule has 2 aromatic rings. The SMILES string of the molecule is COC(=O)C(c1ccccc1Cl)N1CCN(c2cccc(F)c2C(C)=O)CC1. The number of hydrogen-bond acceptors (Lipinski definition) is 5. The first-order valence-electron chi connectivity index (χ1n) is 9.04. The number of esters is 1. The van der Waals surface area contributed by atoms with Crippen molar-refractivity contribution >= 4 is 29.0 Å². The zero-order chi connectivity index (χ0) is 20.3. The first-order valence-corrected chi connectivity index (χ1v) is 9.42. The quantitative estimate of drug-likeness (QED) is 0.561. The molecule has 0 saturated carbocycles. The van der Waals surface area contributed by atoms with Crippen molar-refractivity contribution in [2.75, 3.05) is 38.2 Å². The van der Waals surface area contributed by atoms with Crippen molar-refractivity contribution in [3.63, 3.8) is 0 Å². The van der Waals surface area contributed by atoms with E-state index >= 15 is 0 Å². The molecule has 0 radical (unpaired) electrons. The van der Waals surface area contributed by atoms with Crippen LogP contribution in [0.2, 0.25) is 5.02 Å². The fraction of sp³-hybridized carbons (Fsp3) is 0.333. The molecule has 1 saturated heterocycles. The van der Waals surface area contributed by atoms with Gasteiger partial charge in [0.2, 0.25) is 0 Å². The Hall–Kier alpha value is -2.44. The molecule has 1 unspecified atom stereocenters. The summed E-state index contributed by atoms with van der Waals surface area (Å²) in [7, 11) is 1.36. The van der Waals surface area contributed by atoms with Crippen LogP contribution in [0.1, 0.15) is 28.9 Å². The van der Waals surface area contributed by atoms with Gasteiger partial charge in [0.25, 0.3) is 0 Å². The van der Waals surface area contributed by atoms with Crippen LogP contribution in [0.4, 0.5) is 10.1 Å². The van der Waals surface area contributed by atoms with Crippen LogP contribution in [0.15, 0.2) is 42.5 Å². The number of methoxy groups -OCH3 is 1. The van der Waals surface area contributed by atoms with Gasteiger partial charge in [0.15, 0.2) is 5.78 Å². The Labute approximate surface area is 168 Å². The van der Waals surface area contributed by atoms with Crippen LogP contribution in [-0.2, 0) is 9.53 Å². The van der Waals surface area contributed by atoms with Gasteiger partial charge in [0.05, 0.1) is 18.4 Å². The average Bonchev–Trinajstić information content (AvgIpc) is 2.69. The number of ether oxygens (including phenoxy) is 1. The Morgan fingerprint density at radius 3 is 2.36 bits per heavy atom. The van der Waals surface area contributed by atoms with Crippen molar-refractivity contribution in [3.05, 3.63) is 64.4 Å². The Morgan fingerprint density at radius 2 is 1.75 bits per heavy atom. The maximum atomic E-state index is 14.1. The summed E-state index contributed by atoms with van der Waals surface area (Å²) in [6, 6.07) is 11.2. The monoisotopic (exact) mass is 404 g/mol. The maximum absolute atomic E-state index is 14.1. The van der Waals surface area contributed by atoms with E-state index in [9.17, 15) is 14.0 Å². The Kier molecular flexibility index (Phi) is 6.31. The van der Waals surface area contributed by atoms with E-state index in [0.29, 0.717) is 42.5 Å². The lowest BCUT2D eigenvalue weighted by Gasteiger charge is -2.39. The zero-order valence-corrected chi connectivity index (χ0v) is 16.6. The van der Waals surface area contributed by atoms with Gasteiger partial charge in [-0.15, -0.1) is 0 Å². The molecular weight excluding hydrogens is 383 g/mol. The van der Waals surface area contributed by atoms with Crippen molar-refractivity contribution in [3.8, 4) is 0 Å². The van der Waals surface area contributed by atoms with E-state index in [-0.39, 0.29) is 17.3 Å². The molecule has 28 heavy (non-hydrogen) atoms. The summed E-state index contributed by atoms with van der Waals surface area (Å²) < 4.78 is 19.2. The molecule has 0 amide bonds. The van der Waals surface area contributed by atoms with Crippen LogP contribution in [0.25, 0.3) is 0 Å². The smallest absolute Gasteiger partial charge is 0.327 e. The standard InChI is InChI=1S/C21H22ClFN2O3/c1-14(26)19-17(23)8-5-9-18(19)24-10-12-25(13-11-24)20(21(27)28-2)15-6-3-4-7-16(15)22/h3-9,20H,10-13H2,1-2H3. The minimum atomic E-state index is -0.611. The number of benzene rings is 2. The number of hydrogen-bond donors (Lipinski definition) is 0. The van der Waals surface area contributed by atoms with Gasteiger partial charge in [-0.25, -0.2) is 9.18 Å².